The summed E-state index contributed by atoms with van der Waals surface area (Å²) >= 11 is 0. The number of hydrogen-bond donors (Lipinski definition) is 3. The van der Waals surface area contributed by atoms with Crippen LogP contribution in [0.25, 0.3) is 0 Å². The fourth-order valence-corrected chi connectivity index (χ4v) is 5.13. The molecule has 0 unspecified atom stereocenters. The highest BCUT2D eigenvalue weighted by molar-refractivity contribution is 5.74. The normalized spacial score (nSPS) is 18.4. The molecule has 3 rings (SSSR count). The number of nitrogens with one attached hydrogen (secondary N) is 2. The van der Waals surface area contributed by atoms with Gasteiger partial charge in [-0.3, -0.25) is 0 Å². The minimum atomic E-state index is -1.14. The number of carbonyl (C=O) groups is 1. The van der Waals surface area contributed by atoms with Crippen molar-refractivity contribution in [2.75, 3.05) is 40.4 Å². The van der Waals surface area contributed by atoms with Crippen molar-refractivity contribution in [1.82, 2.24) is 15.5 Å². The van der Waals surface area contributed by atoms with Crippen molar-refractivity contribution in [3.63, 3.8) is 0 Å². The number of aryl methyl sites for hydroxylation is 1. The molecule has 2 amide bonds. The van der Waals surface area contributed by atoms with E-state index in [1.165, 1.54) is 0 Å². The predicted molar refractivity (Wildman–Crippen MR) is 144 cm³/mol. The Hall–Kier alpha value is -2.61. The maximum absolute atomic E-state index is 13.0. The second kappa shape index (κ2) is 13.6. The molecule has 0 spiro atoms. The van der Waals surface area contributed by atoms with Gasteiger partial charge in [-0.25, -0.2) is 4.79 Å². The molecule has 1 saturated heterocycles. The molecule has 7 heteroatoms. The fraction of sp³-hybridized carbons (Fsp3) is 0.552. The summed E-state index contributed by atoms with van der Waals surface area (Å²) in [7, 11) is 3.57. The Labute approximate surface area is 216 Å². The summed E-state index contributed by atoms with van der Waals surface area (Å²) < 4.78 is 11.6. The number of likely N-dealkylation sites (N-methyl/N-ethyl adjacent to an activating group) is 1. The van der Waals surface area contributed by atoms with Crippen LogP contribution < -0.4 is 15.4 Å². The molecule has 0 saturated carbocycles. The topological polar surface area (TPSA) is 83.1 Å². The number of para-hydroxylation sites is 1. The van der Waals surface area contributed by atoms with Crippen molar-refractivity contribution in [2.24, 2.45) is 5.92 Å². The van der Waals surface area contributed by atoms with Crippen molar-refractivity contribution < 1.29 is 19.4 Å². The zero-order valence-electron chi connectivity index (χ0n) is 22.3. The Balaban J connectivity index is 1.88. The number of hydrogen-bond acceptors (Lipinski definition) is 5. The molecular formula is C29H43N3O4. The van der Waals surface area contributed by atoms with Gasteiger partial charge in [-0.1, -0.05) is 30.3 Å². The maximum Gasteiger partial charge on any atom is 0.317 e. The van der Waals surface area contributed by atoms with Crippen molar-refractivity contribution in [1.29, 1.82) is 0 Å². The average molecular weight is 498 g/mol. The van der Waals surface area contributed by atoms with Gasteiger partial charge in [0, 0.05) is 50.9 Å². The summed E-state index contributed by atoms with van der Waals surface area (Å²) in [5.41, 5.74) is 0.755. The van der Waals surface area contributed by atoms with E-state index >= 15 is 0 Å². The lowest BCUT2D eigenvalue weighted by atomic mass is 9.73. The zero-order chi connectivity index (χ0) is 26.0. The minimum Gasteiger partial charge on any atom is -0.457 e. The smallest absolute Gasteiger partial charge is 0.317 e. The Bertz CT molecular complexity index is 969. The number of benzene rings is 2. The Morgan fingerprint density at radius 2 is 2.03 bits per heavy atom. The Morgan fingerprint density at radius 3 is 2.78 bits per heavy atom. The summed E-state index contributed by atoms with van der Waals surface area (Å²) in [4.78, 5) is 14.8. The molecule has 7 nitrogen and oxygen atoms in total. The standard InChI is InChI=1S/C29H43N3O4/c1-22-11-9-13-25(19-22)36-27-15-6-5-14-26(27)29(34,16-7-8-18-35-4)24-12-10-17-32(21-24)28(33)31-23(2)20-30-3/h5-6,9,11,13-15,19,23-24,30,34H,7-8,10,12,16-18,20-21H2,1-4H3,(H,31,33)/t23-,24+,29-/m0/s1. The number of ether oxygens (including phenoxy) is 2. The summed E-state index contributed by atoms with van der Waals surface area (Å²) in [6, 6.07) is 15.6. The van der Waals surface area contributed by atoms with E-state index in [9.17, 15) is 9.90 Å². The monoisotopic (exact) mass is 497 g/mol. The Morgan fingerprint density at radius 1 is 1.22 bits per heavy atom. The number of unbranched alkanes of at least 4 members (excludes halogenated alkanes) is 1. The molecule has 1 aliphatic heterocycles. The van der Waals surface area contributed by atoms with E-state index in [0.29, 0.717) is 38.4 Å². The first-order valence-electron chi connectivity index (χ1n) is 13.1. The zero-order valence-corrected chi connectivity index (χ0v) is 22.3. The summed E-state index contributed by atoms with van der Waals surface area (Å²) in [5.74, 6) is 1.29. The number of urea groups is 1. The van der Waals surface area contributed by atoms with Crippen LogP contribution in [0.2, 0.25) is 0 Å². The first-order chi connectivity index (χ1) is 17.4. The van der Waals surface area contributed by atoms with Crippen LogP contribution in [0.3, 0.4) is 0 Å². The number of likely N-dealkylation sites (tertiary alicyclic amines) is 1. The van der Waals surface area contributed by atoms with E-state index in [-0.39, 0.29) is 18.0 Å². The van der Waals surface area contributed by atoms with Crippen LogP contribution in [-0.2, 0) is 10.3 Å². The van der Waals surface area contributed by atoms with Crippen molar-refractivity contribution >= 4 is 6.03 Å². The van der Waals surface area contributed by atoms with Crippen LogP contribution in [0, 0.1) is 12.8 Å². The summed E-state index contributed by atoms with van der Waals surface area (Å²) in [6.07, 6.45) is 3.93. The van der Waals surface area contributed by atoms with Crippen LogP contribution in [0.1, 0.15) is 50.2 Å². The van der Waals surface area contributed by atoms with Crippen LogP contribution in [-0.4, -0.2) is 62.5 Å². The molecule has 0 aromatic heterocycles. The predicted octanol–water partition coefficient (Wildman–Crippen LogP) is 4.82. The number of methoxy groups -OCH3 is 1. The second-order valence-corrected chi connectivity index (χ2v) is 9.98. The van der Waals surface area contributed by atoms with Gasteiger partial charge in [0.25, 0.3) is 0 Å². The van der Waals surface area contributed by atoms with Gasteiger partial charge in [-0.15, -0.1) is 0 Å². The SMILES string of the molecule is CNC[C@H](C)NC(=O)N1CCC[C@@H]([C@@](O)(CCCCOC)c2ccccc2Oc2cccc(C)c2)C1. The molecule has 2 aromatic rings. The minimum absolute atomic E-state index is 0.0271. The van der Waals surface area contributed by atoms with Crippen molar-refractivity contribution in [3.8, 4) is 11.5 Å². The van der Waals surface area contributed by atoms with Gasteiger partial charge in [0.2, 0.25) is 0 Å². The van der Waals surface area contributed by atoms with Gasteiger partial charge in [0.05, 0.1) is 5.60 Å². The largest absolute Gasteiger partial charge is 0.457 e. The van der Waals surface area contributed by atoms with E-state index in [1.807, 2.05) is 74.3 Å². The first-order valence-corrected chi connectivity index (χ1v) is 13.1. The number of carbonyl (C=O) groups excluding carboxylic acids is 1. The van der Waals surface area contributed by atoms with Gasteiger partial charge in [-0.05, 0) is 76.8 Å². The molecule has 36 heavy (non-hydrogen) atoms. The number of nitrogens with zero attached hydrogens (tertiary/aromatic N) is 1. The highest BCUT2D eigenvalue weighted by Gasteiger charge is 2.43. The van der Waals surface area contributed by atoms with Crippen LogP contribution in [0.5, 0.6) is 11.5 Å². The second-order valence-electron chi connectivity index (χ2n) is 9.98. The lowest BCUT2D eigenvalue weighted by Gasteiger charge is -2.43. The third-order valence-corrected chi connectivity index (χ3v) is 6.99. The number of amides is 2. The molecule has 1 fully saturated rings. The summed E-state index contributed by atoms with van der Waals surface area (Å²) in [5, 5.41) is 18.6. The number of piperidine rings is 1. The highest BCUT2D eigenvalue weighted by atomic mass is 16.5. The van der Waals surface area contributed by atoms with E-state index in [0.717, 1.165) is 42.6 Å². The maximum atomic E-state index is 13.0. The molecule has 0 radical (unpaired) electrons. The molecule has 1 heterocycles. The van der Waals surface area contributed by atoms with E-state index in [1.54, 1.807) is 7.11 Å². The van der Waals surface area contributed by atoms with Crippen molar-refractivity contribution in [3.05, 3.63) is 59.7 Å². The van der Waals surface area contributed by atoms with Crippen LogP contribution in [0.4, 0.5) is 4.79 Å². The third kappa shape index (κ3) is 7.45. The molecule has 1 aliphatic rings. The Kier molecular flexibility index (Phi) is 10.6. The van der Waals surface area contributed by atoms with Gasteiger partial charge >= 0.3 is 6.03 Å². The molecular weight excluding hydrogens is 454 g/mol. The quantitative estimate of drug-likeness (QED) is 0.366. The van der Waals surface area contributed by atoms with E-state index in [2.05, 4.69) is 10.6 Å². The molecule has 2 aromatic carbocycles. The third-order valence-electron chi connectivity index (χ3n) is 6.99. The molecule has 0 bridgehead atoms. The lowest BCUT2D eigenvalue weighted by molar-refractivity contribution is -0.0574. The molecule has 3 atom stereocenters. The fourth-order valence-electron chi connectivity index (χ4n) is 5.13. The molecule has 3 N–H and O–H groups in total. The first kappa shape index (κ1) is 28.0. The van der Waals surface area contributed by atoms with Gasteiger partial charge in [0.1, 0.15) is 11.5 Å². The van der Waals surface area contributed by atoms with E-state index < -0.39 is 5.60 Å². The van der Waals surface area contributed by atoms with Crippen molar-refractivity contribution in [2.45, 2.75) is 57.6 Å². The summed E-state index contributed by atoms with van der Waals surface area (Å²) in [6.45, 7) is 6.56. The number of aliphatic hydroxyl groups is 1. The van der Waals surface area contributed by atoms with Gasteiger partial charge < -0.3 is 30.1 Å². The average Bonchev–Trinajstić information content (AvgIpc) is 2.87. The number of rotatable bonds is 12. The molecule has 198 valence electrons. The van der Waals surface area contributed by atoms with Crippen LogP contribution in [0.15, 0.2) is 48.5 Å². The van der Waals surface area contributed by atoms with E-state index in [4.69, 9.17) is 9.47 Å². The van der Waals surface area contributed by atoms with Gasteiger partial charge in [0.15, 0.2) is 0 Å². The lowest BCUT2D eigenvalue weighted by Crippen LogP contribution is -2.53. The van der Waals surface area contributed by atoms with Crippen LogP contribution >= 0.6 is 0 Å². The highest BCUT2D eigenvalue weighted by Crippen LogP contribution is 2.44. The van der Waals surface area contributed by atoms with Gasteiger partial charge in [-0.2, -0.15) is 0 Å². The molecule has 0 aliphatic carbocycles.